The summed E-state index contributed by atoms with van der Waals surface area (Å²) in [6, 6.07) is 3.98. The molecular weight excluding hydrogens is 316 g/mol. The largest absolute Gasteiger partial charge is 0.495 e. The van der Waals surface area contributed by atoms with Crippen LogP contribution in [0.2, 0.25) is 0 Å². The van der Waals surface area contributed by atoms with Crippen molar-refractivity contribution in [3.8, 4) is 5.75 Å². The second-order valence-electron chi connectivity index (χ2n) is 7.78. The summed E-state index contributed by atoms with van der Waals surface area (Å²) >= 11 is 0. The van der Waals surface area contributed by atoms with Crippen molar-refractivity contribution in [2.24, 2.45) is 5.92 Å². The second-order valence-corrected chi connectivity index (χ2v) is 7.78. The van der Waals surface area contributed by atoms with Crippen LogP contribution >= 0.6 is 0 Å². The Morgan fingerprint density at radius 3 is 2.64 bits per heavy atom. The first kappa shape index (κ1) is 16.7. The van der Waals surface area contributed by atoms with E-state index in [9.17, 15) is 9.90 Å². The molecule has 2 N–H and O–H groups in total. The van der Waals surface area contributed by atoms with Crippen molar-refractivity contribution in [1.82, 2.24) is 4.90 Å². The van der Waals surface area contributed by atoms with Gasteiger partial charge in [0.05, 0.1) is 18.4 Å². The minimum atomic E-state index is -0.555. The van der Waals surface area contributed by atoms with Gasteiger partial charge in [0.15, 0.2) is 0 Å². The number of nitrogens with one attached hydrogen (secondary N) is 1. The zero-order valence-electron chi connectivity index (χ0n) is 15.0. The predicted octanol–water partition coefficient (Wildman–Crippen LogP) is 3.34. The van der Waals surface area contributed by atoms with Crippen LogP contribution in [0.3, 0.4) is 0 Å². The van der Waals surface area contributed by atoms with Gasteiger partial charge in [-0.25, -0.2) is 4.79 Å². The number of aryl methyl sites for hydroxylation is 1. The molecule has 2 amide bonds. The highest BCUT2D eigenvalue weighted by atomic mass is 16.5. The normalized spacial score (nSPS) is 22.2. The van der Waals surface area contributed by atoms with Gasteiger partial charge in [0.25, 0.3) is 0 Å². The zero-order chi connectivity index (χ0) is 17.4. The SMILES string of the molecule is COc1ccc2c(c1NC(=O)N1CCC(O)(C3CCC3)CC1)CCC2. The standard InChI is InChI=1S/C20H28N2O3/c1-25-17-9-8-14-4-2-7-16(14)18(17)21-19(23)22-12-10-20(24,11-13-22)15-5-3-6-15/h8-9,15,24H,2-7,10-13H2,1H3,(H,21,23). The lowest BCUT2D eigenvalue weighted by Crippen LogP contribution is -2.52. The Balaban J connectivity index is 1.44. The molecule has 1 aromatic rings. The van der Waals surface area contributed by atoms with Crippen molar-refractivity contribution in [3.63, 3.8) is 0 Å². The number of amides is 2. The minimum absolute atomic E-state index is 0.0748. The summed E-state index contributed by atoms with van der Waals surface area (Å²) in [5.74, 6) is 1.17. The zero-order valence-corrected chi connectivity index (χ0v) is 15.0. The summed E-state index contributed by atoms with van der Waals surface area (Å²) in [5, 5.41) is 13.9. The average molecular weight is 344 g/mol. The maximum atomic E-state index is 12.8. The van der Waals surface area contributed by atoms with Crippen LogP contribution in [0, 0.1) is 5.92 Å². The van der Waals surface area contributed by atoms with Crippen LogP contribution in [0.25, 0.3) is 0 Å². The number of fused-ring (bicyclic) bond motifs is 1. The number of nitrogens with zero attached hydrogens (tertiary/aromatic N) is 1. The van der Waals surface area contributed by atoms with Gasteiger partial charge >= 0.3 is 6.03 Å². The smallest absolute Gasteiger partial charge is 0.321 e. The van der Waals surface area contributed by atoms with Crippen molar-refractivity contribution in [2.75, 3.05) is 25.5 Å². The lowest BCUT2D eigenvalue weighted by atomic mass is 9.69. The van der Waals surface area contributed by atoms with Gasteiger partial charge in [0, 0.05) is 13.1 Å². The van der Waals surface area contributed by atoms with Crippen molar-refractivity contribution in [3.05, 3.63) is 23.3 Å². The quantitative estimate of drug-likeness (QED) is 0.884. The highest BCUT2D eigenvalue weighted by Crippen LogP contribution is 2.42. The van der Waals surface area contributed by atoms with E-state index in [1.165, 1.54) is 17.5 Å². The number of aliphatic hydroxyl groups is 1. The number of hydrogen-bond acceptors (Lipinski definition) is 3. The lowest BCUT2D eigenvalue weighted by molar-refractivity contribution is -0.0845. The monoisotopic (exact) mass is 344 g/mol. The first-order chi connectivity index (χ1) is 12.1. The molecule has 0 spiro atoms. The first-order valence-electron chi connectivity index (χ1n) is 9.58. The van der Waals surface area contributed by atoms with Crippen LogP contribution in [-0.2, 0) is 12.8 Å². The molecule has 2 fully saturated rings. The number of urea groups is 1. The number of anilines is 1. The van der Waals surface area contributed by atoms with E-state index >= 15 is 0 Å². The lowest BCUT2D eigenvalue weighted by Gasteiger charge is -2.46. The molecule has 3 aliphatic rings. The molecule has 0 unspecified atom stereocenters. The molecule has 1 saturated heterocycles. The maximum Gasteiger partial charge on any atom is 0.321 e. The number of carbonyl (C=O) groups is 1. The molecule has 0 bridgehead atoms. The maximum absolute atomic E-state index is 12.8. The van der Waals surface area contributed by atoms with Crippen LogP contribution in [-0.4, -0.2) is 41.8 Å². The van der Waals surface area contributed by atoms with E-state index in [2.05, 4.69) is 11.4 Å². The van der Waals surface area contributed by atoms with Gasteiger partial charge in [0.1, 0.15) is 5.75 Å². The van der Waals surface area contributed by atoms with Crippen molar-refractivity contribution in [1.29, 1.82) is 0 Å². The van der Waals surface area contributed by atoms with E-state index in [1.807, 2.05) is 11.0 Å². The molecule has 4 rings (SSSR count). The summed E-state index contributed by atoms with van der Waals surface area (Å²) in [6.07, 6.45) is 8.07. The molecule has 25 heavy (non-hydrogen) atoms. The van der Waals surface area contributed by atoms with Gasteiger partial charge in [-0.1, -0.05) is 12.5 Å². The Morgan fingerprint density at radius 1 is 1.24 bits per heavy atom. The number of benzene rings is 1. The summed E-state index contributed by atoms with van der Waals surface area (Å²) < 4.78 is 5.47. The Labute approximate surface area is 149 Å². The minimum Gasteiger partial charge on any atom is -0.495 e. The predicted molar refractivity (Wildman–Crippen MR) is 97.1 cm³/mol. The molecule has 1 aliphatic heterocycles. The Morgan fingerprint density at radius 2 is 2.00 bits per heavy atom. The molecule has 2 aliphatic carbocycles. The fourth-order valence-electron chi connectivity index (χ4n) is 4.59. The van der Waals surface area contributed by atoms with E-state index in [1.54, 1.807) is 7.11 Å². The third kappa shape index (κ3) is 2.99. The molecular formula is C20H28N2O3. The summed E-state index contributed by atoms with van der Waals surface area (Å²) in [7, 11) is 1.64. The summed E-state index contributed by atoms with van der Waals surface area (Å²) in [4.78, 5) is 14.6. The summed E-state index contributed by atoms with van der Waals surface area (Å²) in [6.45, 7) is 1.24. The molecule has 0 radical (unpaired) electrons. The van der Waals surface area contributed by atoms with Crippen LogP contribution in [0.15, 0.2) is 12.1 Å². The van der Waals surface area contributed by atoms with Gasteiger partial charge < -0.3 is 20.1 Å². The number of carbonyl (C=O) groups excluding carboxylic acids is 1. The number of likely N-dealkylation sites (tertiary alicyclic amines) is 1. The van der Waals surface area contributed by atoms with Gasteiger partial charge in [-0.15, -0.1) is 0 Å². The number of piperidine rings is 1. The van der Waals surface area contributed by atoms with E-state index in [0.29, 0.717) is 31.8 Å². The number of rotatable bonds is 3. The van der Waals surface area contributed by atoms with Gasteiger partial charge in [0.2, 0.25) is 0 Å². The average Bonchev–Trinajstić information content (AvgIpc) is 3.02. The Hall–Kier alpha value is -1.75. The molecule has 0 atom stereocenters. The van der Waals surface area contributed by atoms with Gasteiger partial charge in [-0.2, -0.15) is 0 Å². The van der Waals surface area contributed by atoms with Crippen molar-refractivity contribution in [2.45, 2.75) is 57.0 Å². The number of methoxy groups -OCH3 is 1. The second kappa shape index (κ2) is 6.52. The van der Waals surface area contributed by atoms with E-state index < -0.39 is 5.60 Å². The van der Waals surface area contributed by atoms with Gasteiger partial charge in [-0.3, -0.25) is 0 Å². The third-order valence-electron chi connectivity index (χ3n) is 6.48. The third-order valence-corrected chi connectivity index (χ3v) is 6.48. The topological polar surface area (TPSA) is 61.8 Å². The van der Waals surface area contributed by atoms with E-state index in [-0.39, 0.29) is 6.03 Å². The molecule has 5 heteroatoms. The fraction of sp³-hybridized carbons (Fsp3) is 0.650. The summed E-state index contributed by atoms with van der Waals surface area (Å²) in [5.41, 5.74) is 2.81. The highest BCUT2D eigenvalue weighted by Gasteiger charge is 2.43. The molecule has 5 nitrogen and oxygen atoms in total. The van der Waals surface area contributed by atoms with E-state index in [4.69, 9.17) is 4.74 Å². The highest BCUT2D eigenvalue weighted by molar-refractivity contribution is 5.92. The van der Waals surface area contributed by atoms with Crippen molar-refractivity contribution >= 4 is 11.7 Å². The van der Waals surface area contributed by atoms with E-state index in [0.717, 1.165) is 43.5 Å². The first-order valence-corrected chi connectivity index (χ1v) is 9.58. The molecule has 0 aromatic heterocycles. The molecule has 1 aromatic carbocycles. The van der Waals surface area contributed by atoms with Crippen LogP contribution < -0.4 is 10.1 Å². The van der Waals surface area contributed by atoms with Gasteiger partial charge in [-0.05, 0) is 68.1 Å². The Bertz CT molecular complexity index is 661. The number of ether oxygens (including phenoxy) is 1. The molecule has 136 valence electrons. The molecule has 1 saturated carbocycles. The number of hydrogen-bond donors (Lipinski definition) is 2. The fourth-order valence-corrected chi connectivity index (χ4v) is 4.59. The molecule has 1 heterocycles. The van der Waals surface area contributed by atoms with Crippen LogP contribution in [0.4, 0.5) is 10.5 Å². The van der Waals surface area contributed by atoms with Crippen LogP contribution in [0.1, 0.15) is 49.7 Å². The Kier molecular flexibility index (Phi) is 4.36. The van der Waals surface area contributed by atoms with Crippen molar-refractivity contribution < 1.29 is 14.6 Å². The van der Waals surface area contributed by atoms with Crippen LogP contribution in [0.5, 0.6) is 5.75 Å².